The fourth-order valence-corrected chi connectivity index (χ4v) is 1.59. The number of hydrogen-bond acceptors (Lipinski definition) is 1. The van der Waals surface area contributed by atoms with Gasteiger partial charge in [0.15, 0.2) is 6.54 Å². The summed E-state index contributed by atoms with van der Waals surface area (Å²) >= 11 is 0. The molecule has 0 N–H and O–H groups in total. The monoisotopic (exact) mass is 294 g/mol. The number of carbonyl (C=O) groups is 1. The number of ketones is 1. The number of imidazole rings is 1. The number of benzene rings is 1. The summed E-state index contributed by atoms with van der Waals surface area (Å²) in [6.45, 7) is 2.41. The number of Topliss-reactive ketones (excluding diaryl/α,β-unsaturated/α-hetero) is 1. The average Bonchev–Trinajstić information content (AvgIpc) is 2.65. The molecule has 0 radical (unpaired) electrons. The van der Waals surface area contributed by atoms with E-state index in [1.807, 2.05) is 66.1 Å². The number of carbonyl (C=O) groups excluding carboxylic acids is 1. The van der Waals surface area contributed by atoms with Crippen LogP contribution in [0.3, 0.4) is 0 Å². The maximum atomic E-state index is 11.9. The molecular weight excluding hydrogens is 280 g/mol. The summed E-state index contributed by atoms with van der Waals surface area (Å²) in [7, 11) is 1.94. The van der Waals surface area contributed by atoms with Crippen molar-refractivity contribution in [3.8, 4) is 0 Å². The van der Waals surface area contributed by atoms with E-state index in [2.05, 4.69) is 0 Å². The lowest BCUT2D eigenvalue weighted by Gasteiger charge is -1.99. The minimum atomic E-state index is 0. The second-order valence-electron chi connectivity index (χ2n) is 4.04. The normalized spacial score (nSPS) is 9.76. The van der Waals surface area contributed by atoms with Crippen LogP contribution < -0.4 is 21.5 Å². The van der Waals surface area contributed by atoms with Crippen LogP contribution in [0.1, 0.15) is 15.9 Å². The third kappa shape index (κ3) is 3.53. The van der Waals surface area contributed by atoms with E-state index in [0.29, 0.717) is 6.54 Å². The van der Waals surface area contributed by atoms with Gasteiger partial charge in [0.25, 0.3) is 0 Å². The van der Waals surface area contributed by atoms with Crippen LogP contribution in [0.25, 0.3) is 0 Å². The molecule has 1 heterocycles. The molecule has 1 aromatic carbocycles. The zero-order valence-corrected chi connectivity index (χ0v) is 11.5. The van der Waals surface area contributed by atoms with Crippen molar-refractivity contribution in [1.29, 1.82) is 0 Å². The molecule has 0 atom stereocenters. The van der Waals surface area contributed by atoms with Crippen LogP contribution in [0.2, 0.25) is 0 Å². The minimum Gasteiger partial charge on any atom is -1.00 e. The van der Waals surface area contributed by atoms with Crippen LogP contribution in [0, 0.1) is 6.92 Å². The Labute approximate surface area is 111 Å². The van der Waals surface area contributed by atoms with Gasteiger partial charge in [-0.15, -0.1) is 0 Å². The van der Waals surface area contributed by atoms with Crippen molar-refractivity contribution in [3.63, 3.8) is 0 Å². The zero-order chi connectivity index (χ0) is 11.5. The Morgan fingerprint density at radius 1 is 1.29 bits per heavy atom. The number of rotatable bonds is 3. The smallest absolute Gasteiger partial charge is 0.243 e. The number of nitrogens with zero attached hydrogens (tertiary/aromatic N) is 2. The lowest BCUT2D eigenvalue weighted by Crippen LogP contribution is -3.00. The Morgan fingerprint density at radius 2 is 1.94 bits per heavy atom. The van der Waals surface area contributed by atoms with Crippen molar-refractivity contribution in [2.24, 2.45) is 7.05 Å². The van der Waals surface area contributed by atoms with E-state index in [9.17, 15) is 4.79 Å². The summed E-state index contributed by atoms with van der Waals surface area (Å²) in [6.07, 6.45) is 5.71. The van der Waals surface area contributed by atoms with Gasteiger partial charge in [0.2, 0.25) is 12.1 Å². The van der Waals surface area contributed by atoms with Gasteiger partial charge in [-0.2, -0.15) is 0 Å². The highest BCUT2D eigenvalue weighted by molar-refractivity contribution is 5.95. The lowest BCUT2D eigenvalue weighted by atomic mass is 10.1. The summed E-state index contributed by atoms with van der Waals surface area (Å²) in [5, 5.41) is 0. The van der Waals surface area contributed by atoms with Crippen molar-refractivity contribution in [3.05, 3.63) is 54.1 Å². The highest BCUT2D eigenvalue weighted by Gasteiger charge is 2.09. The maximum Gasteiger partial charge on any atom is 0.243 e. The highest BCUT2D eigenvalue weighted by Crippen LogP contribution is 2.05. The third-order valence-corrected chi connectivity index (χ3v) is 2.52. The standard InChI is InChI=1S/C13H15N2O.BrH/c1-11-3-5-12(6-4-11)13(16)9-15-8-7-14(2)10-15;/h3-8,10H,9H2,1-2H3;1H/q+1;/p-1. The Bertz CT molecular complexity index is 502. The zero-order valence-electron chi connectivity index (χ0n) is 9.93. The molecule has 3 nitrogen and oxygen atoms in total. The summed E-state index contributed by atoms with van der Waals surface area (Å²) in [6, 6.07) is 7.67. The van der Waals surface area contributed by atoms with Crippen LogP contribution >= 0.6 is 0 Å². The Kier molecular flexibility index (Phi) is 4.63. The molecule has 0 aliphatic heterocycles. The quantitative estimate of drug-likeness (QED) is 0.500. The van der Waals surface area contributed by atoms with Gasteiger partial charge in [0, 0.05) is 5.56 Å². The Morgan fingerprint density at radius 3 is 2.47 bits per heavy atom. The Balaban J connectivity index is 0.00000144. The van der Waals surface area contributed by atoms with E-state index in [4.69, 9.17) is 0 Å². The molecule has 2 rings (SSSR count). The first kappa shape index (κ1) is 13.6. The first-order chi connectivity index (χ1) is 7.65. The number of aromatic nitrogens is 2. The van der Waals surface area contributed by atoms with Crippen molar-refractivity contribution in [2.45, 2.75) is 13.5 Å². The first-order valence-electron chi connectivity index (χ1n) is 5.26. The van der Waals surface area contributed by atoms with E-state index in [1.165, 1.54) is 5.56 Å². The molecule has 0 amide bonds. The van der Waals surface area contributed by atoms with Gasteiger partial charge < -0.3 is 17.0 Å². The topological polar surface area (TPSA) is 25.9 Å². The summed E-state index contributed by atoms with van der Waals surface area (Å²) < 4.78 is 3.80. The molecule has 0 aliphatic carbocycles. The van der Waals surface area contributed by atoms with E-state index in [-0.39, 0.29) is 22.8 Å². The molecule has 0 aliphatic rings. The molecule has 0 saturated carbocycles. The summed E-state index contributed by atoms with van der Waals surface area (Å²) in [5.41, 5.74) is 1.94. The SMILES string of the molecule is Cc1ccc(C(=O)Cn2cc[n+](C)c2)cc1.[Br-]. The van der Waals surface area contributed by atoms with Gasteiger partial charge in [-0.1, -0.05) is 29.8 Å². The molecule has 4 heteroatoms. The molecule has 0 unspecified atom stereocenters. The molecule has 2 aromatic rings. The minimum absolute atomic E-state index is 0. The Hall–Kier alpha value is -1.42. The van der Waals surface area contributed by atoms with Gasteiger partial charge in [-0.05, 0) is 6.92 Å². The molecule has 90 valence electrons. The van der Waals surface area contributed by atoms with E-state index < -0.39 is 0 Å². The van der Waals surface area contributed by atoms with E-state index in [1.54, 1.807) is 0 Å². The van der Waals surface area contributed by atoms with Gasteiger partial charge >= 0.3 is 0 Å². The highest BCUT2D eigenvalue weighted by atomic mass is 79.9. The van der Waals surface area contributed by atoms with Crippen molar-refractivity contribution < 1.29 is 26.3 Å². The molecular formula is C13H15BrN2O. The van der Waals surface area contributed by atoms with Crippen LogP contribution in [0.4, 0.5) is 0 Å². The molecule has 0 saturated heterocycles. The fourth-order valence-electron chi connectivity index (χ4n) is 1.59. The second-order valence-corrected chi connectivity index (χ2v) is 4.04. The third-order valence-electron chi connectivity index (χ3n) is 2.52. The van der Waals surface area contributed by atoms with Gasteiger partial charge in [-0.25, -0.2) is 9.13 Å². The van der Waals surface area contributed by atoms with Crippen molar-refractivity contribution in [2.75, 3.05) is 0 Å². The number of halogens is 1. The van der Waals surface area contributed by atoms with Crippen LogP contribution in [-0.2, 0) is 13.6 Å². The lowest BCUT2D eigenvalue weighted by molar-refractivity contribution is -0.671. The number of aryl methyl sites for hydroxylation is 2. The van der Waals surface area contributed by atoms with Crippen LogP contribution in [0.15, 0.2) is 43.0 Å². The molecule has 1 aromatic heterocycles. The van der Waals surface area contributed by atoms with Crippen LogP contribution in [0.5, 0.6) is 0 Å². The predicted octanol–water partition coefficient (Wildman–Crippen LogP) is -1.49. The first-order valence-corrected chi connectivity index (χ1v) is 5.26. The predicted molar refractivity (Wildman–Crippen MR) is 61.1 cm³/mol. The molecule has 0 bridgehead atoms. The largest absolute Gasteiger partial charge is 1.00 e. The van der Waals surface area contributed by atoms with Gasteiger partial charge in [-0.3, -0.25) is 4.79 Å². The summed E-state index contributed by atoms with van der Waals surface area (Å²) in [4.78, 5) is 11.9. The van der Waals surface area contributed by atoms with Gasteiger partial charge in [0.1, 0.15) is 12.4 Å². The maximum absolute atomic E-state index is 11.9. The van der Waals surface area contributed by atoms with Crippen LogP contribution in [-0.4, -0.2) is 10.4 Å². The van der Waals surface area contributed by atoms with E-state index >= 15 is 0 Å². The molecule has 0 fully saturated rings. The van der Waals surface area contributed by atoms with Crippen molar-refractivity contribution in [1.82, 2.24) is 4.57 Å². The van der Waals surface area contributed by atoms with Gasteiger partial charge in [0.05, 0.1) is 7.05 Å². The number of hydrogen-bond donors (Lipinski definition) is 0. The fraction of sp³-hybridized carbons (Fsp3) is 0.231. The van der Waals surface area contributed by atoms with Crippen molar-refractivity contribution >= 4 is 5.78 Å². The average molecular weight is 295 g/mol. The van der Waals surface area contributed by atoms with E-state index in [0.717, 1.165) is 5.56 Å². The summed E-state index contributed by atoms with van der Waals surface area (Å²) in [5.74, 6) is 0.135. The molecule has 0 spiro atoms. The second kappa shape index (κ2) is 5.77. The molecule has 17 heavy (non-hydrogen) atoms.